The zero-order valence-corrected chi connectivity index (χ0v) is 17.8. The Morgan fingerprint density at radius 3 is 2.48 bits per heavy atom. The van der Waals surface area contributed by atoms with Crippen molar-refractivity contribution in [3.8, 4) is 0 Å². The number of likely N-dealkylation sites (N-methyl/N-ethyl adjacent to an activating group) is 1. The molecule has 0 saturated carbocycles. The number of nitrogens with zero attached hydrogens (tertiary/aromatic N) is 2. The lowest BCUT2D eigenvalue weighted by molar-refractivity contribution is -0.136. The number of amides is 3. The highest BCUT2D eigenvalue weighted by Crippen LogP contribution is 2.16. The zero-order valence-electron chi connectivity index (χ0n) is 17.8. The van der Waals surface area contributed by atoms with E-state index in [2.05, 4.69) is 15.6 Å². The molecule has 3 atom stereocenters. The molecule has 1 aliphatic heterocycles. The van der Waals surface area contributed by atoms with Gasteiger partial charge in [-0.1, -0.05) is 20.8 Å². The Labute approximate surface area is 173 Å². The third-order valence-electron chi connectivity index (χ3n) is 4.96. The van der Waals surface area contributed by atoms with E-state index in [0.29, 0.717) is 25.8 Å². The summed E-state index contributed by atoms with van der Waals surface area (Å²) in [5.41, 5.74) is 16.5. The molecule has 0 unspecified atom stereocenters. The molecule has 1 saturated heterocycles. The Morgan fingerprint density at radius 2 is 1.90 bits per heavy atom. The maximum atomic E-state index is 12.7. The van der Waals surface area contributed by atoms with Gasteiger partial charge in [-0.05, 0) is 51.1 Å². The lowest BCUT2D eigenvalue weighted by atomic mass is 10.0. The van der Waals surface area contributed by atoms with E-state index in [-0.39, 0.29) is 30.2 Å². The number of nitrogens with two attached hydrogens (primary N) is 3. The summed E-state index contributed by atoms with van der Waals surface area (Å²) in [5, 5.41) is 5.14. The number of likely N-dealkylation sites (tertiary alicyclic amines) is 1. The van der Waals surface area contributed by atoms with Crippen LogP contribution in [0.1, 0.15) is 52.9 Å². The topological polar surface area (TPSA) is 169 Å². The minimum Gasteiger partial charge on any atom is -0.370 e. The molecule has 0 aromatic heterocycles. The van der Waals surface area contributed by atoms with Crippen molar-refractivity contribution in [2.45, 2.75) is 71.0 Å². The van der Waals surface area contributed by atoms with Crippen LogP contribution < -0.4 is 27.8 Å². The first-order valence-electron chi connectivity index (χ1n) is 10.4. The molecule has 166 valence electrons. The molecule has 29 heavy (non-hydrogen) atoms. The van der Waals surface area contributed by atoms with Crippen molar-refractivity contribution in [1.29, 1.82) is 0 Å². The van der Waals surface area contributed by atoms with Gasteiger partial charge in [0.25, 0.3) is 0 Å². The molecule has 0 aromatic rings. The fourth-order valence-electron chi connectivity index (χ4n) is 3.46. The molecular formula is C19H37N7O3. The van der Waals surface area contributed by atoms with E-state index in [1.54, 1.807) is 0 Å². The molecule has 10 heteroatoms. The third-order valence-corrected chi connectivity index (χ3v) is 4.96. The minimum absolute atomic E-state index is 0.0370. The predicted molar refractivity (Wildman–Crippen MR) is 113 cm³/mol. The van der Waals surface area contributed by atoms with Crippen molar-refractivity contribution in [2.75, 3.05) is 19.6 Å². The van der Waals surface area contributed by atoms with Gasteiger partial charge in [-0.15, -0.1) is 0 Å². The summed E-state index contributed by atoms with van der Waals surface area (Å²) in [6.07, 6.45) is 2.89. The van der Waals surface area contributed by atoms with Crippen LogP contribution in [0.3, 0.4) is 0 Å². The van der Waals surface area contributed by atoms with Gasteiger partial charge in [-0.3, -0.25) is 29.6 Å². The normalized spacial score (nSPS) is 18.9. The van der Waals surface area contributed by atoms with Crippen LogP contribution in [0.2, 0.25) is 0 Å². The van der Waals surface area contributed by atoms with Gasteiger partial charge in [0, 0.05) is 6.54 Å². The van der Waals surface area contributed by atoms with Crippen LogP contribution in [0.25, 0.3) is 0 Å². The summed E-state index contributed by atoms with van der Waals surface area (Å²) in [4.78, 5) is 43.6. The molecule has 0 aromatic carbocycles. The molecule has 1 fully saturated rings. The smallest absolute Gasteiger partial charge is 0.249 e. The van der Waals surface area contributed by atoms with Crippen molar-refractivity contribution in [3.05, 3.63) is 0 Å². The van der Waals surface area contributed by atoms with Crippen LogP contribution >= 0.6 is 0 Å². The highest BCUT2D eigenvalue weighted by atomic mass is 16.2. The first-order valence-corrected chi connectivity index (χ1v) is 10.4. The fourth-order valence-corrected chi connectivity index (χ4v) is 3.46. The second kappa shape index (κ2) is 12.4. The van der Waals surface area contributed by atoms with Gasteiger partial charge < -0.3 is 22.5 Å². The number of aliphatic imine (C=N–C) groups is 1. The number of carbonyl (C=O) groups excluding carboxylic acids is 3. The lowest BCUT2D eigenvalue weighted by Crippen LogP contribution is -2.55. The Hall–Kier alpha value is -2.20. The van der Waals surface area contributed by atoms with E-state index in [4.69, 9.17) is 17.2 Å². The summed E-state index contributed by atoms with van der Waals surface area (Å²) >= 11 is 0. The summed E-state index contributed by atoms with van der Waals surface area (Å²) in [6, 6.07) is -1.91. The van der Waals surface area contributed by atoms with Crippen LogP contribution in [0.4, 0.5) is 0 Å². The molecule has 8 N–H and O–H groups in total. The number of guanidine groups is 1. The molecule has 0 aliphatic carbocycles. The molecule has 0 spiro atoms. The number of nitrogens with one attached hydrogen (secondary N) is 2. The van der Waals surface area contributed by atoms with Crippen molar-refractivity contribution >= 4 is 23.7 Å². The molecule has 0 bridgehead atoms. The molecule has 1 rings (SSSR count). The van der Waals surface area contributed by atoms with E-state index >= 15 is 0 Å². The number of hydrogen-bond donors (Lipinski definition) is 5. The summed E-state index contributed by atoms with van der Waals surface area (Å²) in [5.74, 6) is -1.07. The third kappa shape index (κ3) is 8.78. The number of imide groups is 1. The van der Waals surface area contributed by atoms with Gasteiger partial charge in [0.05, 0.1) is 12.1 Å². The molecule has 0 radical (unpaired) electrons. The van der Waals surface area contributed by atoms with Crippen LogP contribution in [0.5, 0.6) is 0 Å². The van der Waals surface area contributed by atoms with Crippen LogP contribution in [-0.4, -0.2) is 66.3 Å². The van der Waals surface area contributed by atoms with Gasteiger partial charge >= 0.3 is 0 Å². The van der Waals surface area contributed by atoms with Crippen LogP contribution in [-0.2, 0) is 14.4 Å². The number of rotatable bonds is 11. The maximum absolute atomic E-state index is 12.7. The Balaban J connectivity index is 2.74. The highest BCUT2D eigenvalue weighted by Gasteiger charge is 2.32. The van der Waals surface area contributed by atoms with Crippen molar-refractivity contribution < 1.29 is 14.4 Å². The lowest BCUT2D eigenvalue weighted by Gasteiger charge is -2.24. The SMILES string of the molecule is CCN1CCC[C@H]1C(=O)NC(=O)[C@H](CCCN=C(N)N)NC(=O)[C@H](N)CC(C)C. The molecular weight excluding hydrogens is 374 g/mol. The van der Waals surface area contributed by atoms with E-state index < -0.39 is 23.9 Å². The number of hydrogen-bond acceptors (Lipinski definition) is 6. The van der Waals surface area contributed by atoms with Gasteiger partial charge in [-0.2, -0.15) is 0 Å². The zero-order chi connectivity index (χ0) is 22.0. The highest BCUT2D eigenvalue weighted by molar-refractivity contribution is 6.01. The average molecular weight is 412 g/mol. The Bertz CT molecular complexity index is 590. The summed E-state index contributed by atoms with van der Waals surface area (Å²) in [7, 11) is 0. The molecule has 10 nitrogen and oxygen atoms in total. The summed E-state index contributed by atoms with van der Waals surface area (Å²) < 4.78 is 0. The van der Waals surface area contributed by atoms with Gasteiger partial charge in [-0.25, -0.2) is 0 Å². The molecule has 1 heterocycles. The second-order valence-corrected chi connectivity index (χ2v) is 7.89. The van der Waals surface area contributed by atoms with Gasteiger partial charge in [0.1, 0.15) is 6.04 Å². The van der Waals surface area contributed by atoms with Crippen molar-refractivity contribution in [1.82, 2.24) is 15.5 Å². The minimum atomic E-state index is -0.879. The standard InChI is InChI=1S/C19H37N7O3/c1-4-26-10-6-8-15(26)18(29)25-17(28)14(7-5-9-23-19(21)22)24-16(27)13(20)11-12(2)3/h12-15H,4-11,20H2,1-3H3,(H,24,27)(H4,21,22,23)(H,25,28,29)/t13-,14+,15+/m1/s1. The largest absolute Gasteiger partial charge is 0.370 e. The quantitative estimate of drug-likeness (QED) is 0.165. The Kier molecular flexibility index (Phi) is 10.6. The first kappa shape index (κ1) is 24.8. The monoisotopic (exact) mass is 411 g/mol. The van der Waals surface area contributed by atoms with Crippen LogP contribution in [0, 0.1) is 5.92 Å². The maximum Gasteiger partial charge on any atom is 0.249 e. The van der Waals surface area contributed by atoms with E-state index in [1.807, 2.05) is 25.7 Å². The van der Waals surface area contributed by atoms with E-state index in [0.717, 1.165) is 19.5 Å². The van der Waals surface area contributed by atoms with Crippen molar-refractivity contribution in [3.63, 3.8) is 0 Å². The molecule has 3 amide bonds. The van der Waals surface area contributed by atoms with Gasteiger partial charge in [0.2, 0.25) is 17.7 Å². The number of carbonyl (C=O) groups is 3. The molecule has 1 aliphatic rings. The van der Waals surface area contributed by atoms with Gasteiger partial charge in [0.15, 0.2) is 5.96 Å². The first-order chi connectivity index (χ1) is 13.6. The predicted octanol–water partition coefficient (Wildman–Crippen LogP) is -0.975. The van der Waals surface area contributed by atoms with E-state index in [9.17, 15) is 14.4 Å². The summed E-state index contributed by atoms with van der Waals surface area (Å²) in [6.45, 7) is 7.82. The second-order valence-electron chi connectivity index (χ2n) is 7.89. The Morgan fingerprint density at radius 1 is 1.21 bits per heavy atom. The fraction of sp³-hybridized carbons (Fsp3) is 0.789. The van der Waals surface area contributed by atoms with Crippen LogP contribution in [0.15, 0.2) is 4.99 Å². The van der Waals surface area contributed by atoms with E-state index in [1.165, 1.54) is 0 Å². The van der Waals surface area contributed by atoms with Crippen molar-refractivity contribution in [2.24, 2.45) is 28.1 Å². The average Bonchev–Trinajstić information content (AvgIpc) is 3.12.